The zero-order valence-electron chi connectivity index (χ0n) is 13.0. The van der Waals surface area contributed by atoms with Gasteiger partial charge in [0, 0.05) is 25.8 Å². The molecule has 2 aromatic carbocycles. The Morgan fingerprint density at radius 2 is 1.67 bits per heavy atom. The highest BCUT2D eigenvalue weighted by atomic mass is 16.5. The van der Waals surface area contributed by atoms with E-state index in [2.05, 4.69) is 47.6 Å². The molecule has 21 heavy (non-hydrogen) atoms. The molecule has 2 rings (SSSR count). The number of para-hydroxylation sites is 3. The molecule has 0 unspecified atom stereocenters. The van der Waals surface area contributed by atoms with Crippen molar-refractivity contribution in [3.8, 4) is 5.75 Å². The first kappa shape index (κ1) is 15.2. The van der Waals surface area contributed by atoms with E-state index in [4.69, 9.17) is 4.74 Å². The molecule has 0 atom stereocenters. The molecule has 0 amide bonds. The summed E-state index contributed by atoms with van der Waals surface area (Å²) < 4.78 is 5.81. The van der Waals surface area contributed by atoms with Crippen LogP contribution in [0.5, 0.6) is 5.75 Å². The summed E-state index contributed by atoms with van der Waals surface area (Å²) in [4.78, 5) is 2.24. The summed E-state index contributed by atoms with van der Waals surface area (Å²) in [6.07, 6.45) is 0.181. The Kier molecular flexibility index (Phi) is 5.50. The fourth-order valence-electron chi connectivity index (χ4n) is 2.14. The topological polar surface area (TPSA) is 24.5 Å². The summed E-state index contributed by atoms with van der Waals surface area (Å²) in [5.74, 6) is 0.912. The van der Waals surface area contributed by atoms with Gasteiger partial charge in [-0.05, 0) is 38.1 Å². The Labute approximate surface area is 127 Å². The summed E-state index contributed by atoms with van der Waals surface area (Å²) in [5, 5.41) is 3.45. The van der Waals surface area contributed by atoms with Crippen LogP contribution in [0.25, 0.3) is 0 Å². The fourth-order valence-corrected chi connectivity index (χ4v) is 2.14. The fraction of sp³-hybridized carbons (Fsp3) is 0.333. The van der Waals surface area contributed by atoms with Gasteiger partial charge in [0.05, 0.1) is 11.8 Å². The molecule has 2 aromatic rings. The summed E-state index contributed by atoms with van der Waals surface area (Å²) in [6, 6.07) is 18.5. The number of anilines is 2. The van der Waals surface area contributed by atoms with Gasteiger partial charge in [-0.2, -0.15) is 0 Å². The Balaban J connectivity index is 1.89. The van der Waals surface area contributed by atoms with Gasteiger partial charge in [-0.1, -0.05) is 30.3 Å². The van der Waals surface area contributed by atoms with Crippen molar-refractivity contribution in [2.75, 3.05) is 30.4 Å². The van der Waals surface area contributed by atoms with E-state index in [1.165, 1.54) is 5.69 Å². The van der Waals surface area contributed by atoms with Gasteiger partial charge in [0.25, 0.3) is 0 Å². The lowest BCUT2D eigenvalue weighted by Crippen LogP contribution is -2.24. The molecule has 1 N–H and O–H groups in total. The zero-order chi connectivity index (χ0) is 15.1. The number of hydrogen-bond acceptors (Lipinski definition) is 3. The number of hydrogen-bond donors (Lipinski definition) is 1. The lowest BCUT2D eigenvalue weighted by atomic mass is 10.2. The first-order chi connectivity index (χ1) is 10.2. The van der Waals surface area contributed by atoms with Crippen molar-refractivity contribution in [2.24, 2.45) is 0 Å². The van der Waals surface area contributed by atoms with Gasteiger partial charge in [-0.25, -0.2) is 0 Å². The van der Waals surface area contributed by atoms with Crippen molar-refractivity contribution in [3.05, 3.63) is 54.6 Å². The summed E-state index contributed by atoms with van der Waals surface area (Å²) in [5.41, 5.74) is 2.28. The largest absolute Gasteiger partial charge is 0.489 e. The monoisotopic (exact) mass is 284 g/mol. The Morgan fingerprint density at radius 3 is 2.38 bits per heavy atom. The second kappa shape index (κ2) is 7.58. The summed E-state index contributed by atoms with van der Waals surface area (Å²) in [6.45, 7) is 5.88. The third kappa shape index (κ3) is 4.71. The van der Waals surface area contributed by atoms with Crippen LogP contribution in [0.1, 0.15) is 13.8 Å². The highest BCUT2D eigenvalue weighted by molar-refractivity contribution is 5.56. The smallest absolute Gasteiger partial charge is 0.142 e. The third-order valence-electron chi connectivity index (χ3n) is 3.21. The third-order valence-corrected chi connectivity index (χ3v) is 3.21. The minimum Gasteiger partial charge on any atom is -0.489 e. The summed E-state index contributed by atoms with van der Waals surface area (Å²) in [7, 11) is 2.10. The normalized spacial score (nSPS) is 10.5. The van der Waals surface area contributed by atoms with Crippen LogP contribution in [0.15, 0.2) is 54.6 Å². The van der Waals surface area contributed by atoms with Crippen LogP contribution >= 0.6 is 0 Å². The molecular weight excluding hydrogens is 260 g/mol. The van der Waals surface area contributed by atoms with Gasteiger partial charge < -0.3 is 15.0 Å². The molecule has 3 heteroatoms. The van der Waals surface area contributed by atoms with Crippen molar-refractivity contribution in [1.82, 2.24) is 0 Å². The predicted octanol–water partition coefficient (Wildman–Crippen LogP) is 4.02. The lowest BCUT2D eigenvalue weighted by Gasteiger charge is -2.21. The standard InChI is InChI=1S/C18H24N2O/c1-15(2)21-18-12-8-7-11-17(18)19-13-14-20(3)16-9-5-4-6-10-16/h4-12,15,19H,13-14H2,1-3H3. The van der Waals surface area contributed by atoms with Crippen molar-refractivity contribution >= 4 is 11.4 Å². The second-order valence-corrected chi connectivity index (χ2v) is 5.35. The van der Waals surface area contributed by atoms with E-state index in [-0.39, 0.29) is 6.10 Å². The molecule has 0 spiro atoms. The Morgan fingerprint density at radius 1 is 1.00 bits per heavy atom. The second-order valence-electron chi connectivity index (χ2n) is 5.35. The van der Waals surface area contributed by atoms with Crippen LogP contribution in [-0.4, -0.2) is 26.2 Å². The van der Waals surface area contributed by atoms with Crippen LogP contribution in [0.2, 0.25) is 0 Å². The molecule has 0 saturated carbocycles. The Bertz CT molecular complexity index is 540. The van der Waals surface area contributed by atoms with Crippen molar-refractivity contribution in [2.45, 2.75) is 20.0 Å². The number of ether oxygens (including phenoxy) is 1. The minimum atomic E-state index is 0.181. The maximum absolute atomic E-state index is 5.81. The molecule has 0 aliphatic rings. The van der Waals surface area contributed by atoms with Crippen LogP contribution in [-0.2, 0) is 0 Å². The van der Waals surface area contributed by atoms with Crippen molar-refractivity contribution < 1.29 is 4.74 Å². The Hall–Kier alpha value is -2.16. The van der Waals surface area contributed by atoms with Gasteiger partial charge >= 0.3 is 0 Å². The number of nitrogens with one attached hydrogen (secondary N) is 1. The van der Waals surface area contributed by atoms with E-state index in [1.807, 2.05) is 38.1 Å². The lowest BCUT2D eigenvalue weighted by molar-refractivity contribution is 0.243. The molecule has 0 saturated heterocycles. The minimum absolute atomic E-state index is 0.181. The average molecular weight is 284 g/mol. The van der Waals surface area contributed by atoms with Crippen molar-refractivity contribution in [1.29, 1.82) is 0 Å². The van der Waals surface area contributed by atoms with Crippen LogP contribution in [0, 0.1) is 0 Å². The van der Waals surface area contributed by atoms with Gasteiger partial charge in [0.1, 0.15) is 5.75 Å². The number of likely N-dealkylation sites (N-methyl/N-ethyl adjacent to an activating group) is 1. The molecule has 0 aromatic heterocycles. The SMILES string of the molecule is CC(C)Oc1ccccc1NCCN(C)c1ccccc1. The molecule has 0 bridgehead atoms. The zero-order valence-corrected chi connectivity index (χ0v) is 13.0. The number of rotatable bonds is 7. The highest BCUT2D eigenvalue weighted by Gasteiger charge is 2.05. The number of nitrogens with zero attached hydrogens (tertiary/aromatic N) is 1. The van der Waals surface area contributed by atoms with Gasteiger partial charge in [-0.3, -0.25) is 0 Å². The van der Waals surface area contributed by atoms with Crippen molar-refractivity contribution in [3.63, 3.8) is 0 Å². The molecule has 0 fully saturated rings. The van der Waals surface area contributed by atoms with E-state index >= 15 is 0 Å². The maximum atomic E-state index is 5.81. The average Bonchev–Trinajstić information content (AvgIpc) is 2.49. The maximum Gasteiger partial charge on any atom is 0.142 e. The molecular formula is C18H24N2O. The molecule has 112 valence electrons. The van der Waals surface area contributed by atoms with E-state index in [1.54, 1.807) is 0 Å². The molecule has 0 radical (unpaired) electrons. The summed E-state index contributed by atoms with van der Waals surface area (Å²) >= 11 is 0. The van der Waals surface area contributed by atoms with E-state index in [0.29, 0.717) is 0 Å². The molecule has 0 aliphatic heterocycles. The van der Waals surface area contributed by atoms with E-state index < -0.39 is 0 Å². The predicted molar refractivity (Wildman–Crippen MR) is 90.4 cm³/mol. The molecule has 0 heterocycles. The first-order valence-electron chi connectivity index (χ1n) is 7.42. The first-order valence-corrected chi connectivity index (χ1v) is 7.42. The van der Waals surface area contributed by atoms with Crippen LogP contribution in [0.4, 0.5) is 11.4 Å². The van der Waals surface area contributed by atoms with E-state index in [0.717, 1.165) is 24.5 Å². The number of benzene rings is 2. The van der Waals surface area contributed by atoms with Gasteiger partial charge in [0.2, 0.25) is 0 Å². The van der Waals surface area contributed by atoms with Gasteiger partial charge in [0.15, 0.2) is 0 Å². The van der Waals surface area contributed by atoms with Crippen LogP contribution < -0.4 is 15.0 Å². The van der Waals surface area contributed by atoms with Gasteiger partial charge in [-0.15, -0.1) is 0 Å². The molecule has 3 nitrogen and oxygen atoms in total. The quantitative estimate of drug-likeness (QED) is 0.831. The van der Waals surface area contributed by atoms with E-state index in [9.17, 15) is 0 Å². The highest BCUT2D eigenvalue weighted by Crippen LogP contribution is 2.24. The molecule has 0 aliphatic carbocycles. The van der Waals surface area contributed by atoms with Crippen LogP contribution in [0.3, 0.4) is 0 Å².